The van der Waals surface area contributed by atoms with E-state index in [1.165, 1.54) is 55.5 Å². The molecule has 2 saturated carbocycles. The zero-order valence-corrected chi connectivity index (χ0v) is 41.8. The first-order chi connectivity index (χ1) is 35.4. The highest BCUT2D eigenvalue weighted by molar-refractivity contribution is 6.03. The van der Waals surface area contributed by atoms with Crippen LogP contribution in [0.1, 0.15) is 106 Å². The lowest BCUT2D eigenvalue weighted by Crippen LogP contribution is -2.56. The van der Waals surface area contributed by atoms with Gasteiger partial charge in [0.15, 0.2) is 5.82 Å². The number of aromatic hydroxyl groups is 1. The minimum absolute atomic E-state index is 0.0175. The van der Waals surface area contributed by atoms with Gasteiger partial charge in [-0.1, -0.05) is 24.1 Å². The van der Waals surface area contributed by atoms with Crippen molar-refractivity contribution in [1.82, 2.24) is 45.2 Å². The molecule has 4 aliphatic heterocycles. The van der Waals surface area contributed by atoms with Gasteiger partial charge in [0, 0.05) is 86.2 Å². The Morgan fingerprint density at radius 3 is 2.48 bits per heavy atom. The number of likely N-dealkylation sites (N-methyl/N-ethyl adjacent to an activating group) is 1. The molecule has 1 amide bonds. The number of hydrogen-bond acceptors (Lipinski definition) is 12. The molecule has 7 heterocycles. The fraction of sp³-hybridized carbons (Fsp3) is 0.509. The number of piperidine rings is 2. The van der Waals surface area contributed by atoms with E-state index in [1.807, 2.05) is 11.7 Å². The number of aromatic nitrogens is 5. The van der Waals surface area contributed by atoms with Crippen LogP contribution in [-0.4, -0.2) is 129 Å². The maximum Gasteiger partial charge on any atom is 0.319 e. The number of aldehydes is 1. The number of nitrogens with one attached hydrogen (secondary N) is 2. The molecule has 3 N–H and O–H groups in total. The van der Waals surface area contributed by atoms with Gasteiger partial charge in [0.05, 0.1) is 34.7 Å². The van der Waals surface area contributed by atoms with E-state index in [0.717, 1.165) is 107 Å². The number of halogens is 2. The number of phenols is 1. The molecule has 2 aliphatic carbocycles. The molecular formula is C57H64F2N10O4. The van der Waals surface area contributed by atoms with Crippen molar-refractivity contribution >= 4 is 50.6 Å². The van der Waals surface area contributed by atoms with E-state index in [9.17, 15) is 14.7 Å². The predicted octanol–water partition coefficient (Wildman–Crippen LogP) is 7.73. The quantitative estimate of drug-likeness (QED) is 0.0724. The van der Waals surface area contributed by atoms with Gasteiger partial charge in [-0.15, -0.1) is 6.42 Å². The molecule has 16 heteroatoms. The van der Waals surface area contributed by atoms with Gasteiger partial charge < -0.3 is 40.0 Å². The lowest BCUT2D eigenvalue weighted by molar-refractivity contribution is -0.122. The number of fused-ring (bicyclic) bond motifs is 5. The lowest BCUT2D eigenvalue weighted by Gasteiger charge is -2.56. The number of nitrogens with zero attached hydrogens (tertiary/aromatic N) is 8. The first-order valence-corrected chi connectivity index (χ1v) is 26.4. The van der Waals surface area contributed by atoms with Crippen molar-refractivity contribution in [1.29, 1.82) is 0 Å². The summed E-state index contributed by atoms with van der Waals surface area (Å²) >= 11 is 0. The molecule has 1 spiro atoms. The highest BCUT2D eigenvalue weighted by Crippen LogP contribution is 2.53. The smallest absolute Gasteiger partial charge is 0.319 e. The summed E-state index contributed by atoms with van der Waals surface area (Å²) in [6, 6.07) is 13.6. The van der Waals surface area contributed by atoms with Crippen molar-refractivity contribution in [2.45, 2.75) is 107 Å². The molecule has 380 valence electrons. The Hall–Kier alpha value is -6.28. The maximum atomic E-state index is 17.2. The van der Waals surface area contributed by atoms with Gasteiger partial charge in [-0.2, -0.15) is 15.1 Å². The highest BCUT2D eigenvalue weighted by Gasteiger charge is 2.51. The van der Waals surface area contributed by atoms with E-state index in [0.29, 0.717) is 70.9 Å². The summed E-state index contributed by atoms with van der Waals surface area (Å²) in [4.78, 5) is 45.8. The number of carbonyl (C=O) groups is 2. The summed E-state index contributed by atoms with van der Waals surface area (Å²) in [6.45, 7) is 7.18. The number of likely N-dealkylation sites (tertiary alicyclic amines) is 2. The fourth-order valence-corrected chi connectivity index (χ4v) is 13.5. The topological polar surface area (TPSA) is 154 Å². The molecule has 14 nitrogen and oxygen atoms in total. The summed E-state index contributed by atoms with van der Waals surface area (Å²) in [6.07, 6.45) is 20.4. The molecule has 0 radical (unpaired) electrons. The van der Waals surface area contributed by atoms with Gasteiger partial charge >= 0.3 is 6.01 Å². The predicted molar refractivity (Wildman–Crippen MR) is 277 cm³/mol. The van der Waals surface area contributed by atoms with Crippen LogP contribution in [0.3, 0.4) is 0 Å². The third-order valence-corrected chi connectivity index (χ3v) is 17.8. The monoisotopic (exact) mass is 991 g/mol. The minimum atomic E-state index is -0.716. The second kappa shape index (κ2) is 18.9. The number of amides is 1. The number of hydrogen-bond donors (Lipinski definition) is 3. The van der Waals surface area contributed by atoms with Crippen molar-refractivity contribution in [3.8, 4) is 35.4 Å². The average Bonchev–Trinajstić information content (AvgIpc) is 3.97. The van der Waals surface area contributed by atoms with Crippen molar-refractivity contribution in [2.24, 2.45) is 17.9 Å². The molecule has 6 fully saturated rings. The number of anilines is 1. The Bertz CT molecular complexity index is 3170. The minimum Gasteiger partial charge on any atom is -0.508 e. The Kier molecular flexibility index (Phi) is 12.3. The second-order valence-corrected chi connectivity index (χ2v) is 22.3. The van der Waals surface area contributed by atoms with Crippen molar-refractivity contribution in [2.75, 3.05) is 64.4 Å². The summed E-state index contributed by atoms with van der Waals surface area (Å²) in [7, 11) is 3.57. The Morgan fingerprint density at radius 1 is 1.00 bits per heavy atom. The van der Waals surface area contributed by atoms with E-state index in [4.69, 9.17) is 26.2 Å². The number of phenolic OH excluding ortho intramolecular Hbond substituents is 1. The largest absolute Gasteiger partial charge is 0.508 e. The van der Waals surface area contributed by atoms with E-state index in [2.05, 4.69) is 54.4 Å². The standard InChI is InChI=1S/C57H64F2N10O4/c1-4-41-46(58)12-8-36-24-40(71)26-44(48(36)41)51-49(59)52-45(29-61-51)53(69-30-37-9-10-38(31-69)62-37)64-55(63-52)73-33-57(15-16-57)32-67-21-17-56(18-22-67)27-39(28-56)68-19-13-34(14-20-68)35-7-11-42-47(25-35)66(3)65-50(42)43(6-5-23-70)54(72)60-2/h1,7-8,11-12,23-26,29,34,37-39,43,62,71H,5-6,9-10,13-22,27-28,30-33H2,2-3H3,(H,60,72). The average molecular weight is 991 g/mol. The molecule has 12 rings (SSSR count). The maximum absolute atomic E-state index is 17.2. The Balaban J connectivity index is 0.685. The zero-order valence-electron chi connectivity index (χ0n) is 41.8. The van der Waals surface area contributed by atoms with E-state index in [1.54, 1.807) is 13.2 Å². The molecule has 3 unspecified atom stereocenters. The zero-order chi connectivity index (χ0) is 50.2. The van der Waals surface area contributed by atoms with Gasteiger partial charge in [-0.05, 0) is 143 Å². The van der Waals surface area contributed by atoms with Gasteiger partial charge in [0.2, 0.25) is 5.91 Å². The molecule has 6 aromatic rings. The summed E-state index contributed by atoms with van der Waals surface area (Å²) in [5.41, 5.74) is 3.61. The lowest BCUT2D eigenvalue weighted by atomic mass is 9.59. The van der Waals surface area contributed by atoms with Gasteiger partial charge in [-0.3, -0.25) is 14.5 Å². The fourth-order valence-electron chi connectivity index (χ4n) is 13.5. The molecule has 6 aliphatic rings. The Morgan fingerprint density at radius 2 is 1.77 bits per heavy atom. The van der Waals surface area contributed by atoms with Crippen molar-refractivity contribution in [3.05, 3.63) is 77.1 Å². The van der Waals surface area contributed by atoms with Gasteiger partial charge in [0.1, 0.15) is 34.9 Å². The van der Waals surface area contributed by atoms with E-state index in [-0.39, 0.29) is 45.4 Å². The normalized spacial score (nSPS) is 22.4. The van der Waals surface area contributed by atoms with E-state index >= 15 is 8.78 Å². The molecule has 3 aromatic carbocycles. The Labute approximate surface area is 424 Å². The third-order valence-electron chi connectivity index (χ3n) is 17.8. The number of benzene rings is 3. The number of piperazine rings is 1. The summed E-state index contributed by atoms with van der Waals surface area (Å²) in [5, 5.41) is 24.1. The molecule has 4 saturated heterocycles. The van der Waals surface area contributed by atoms with Gasteiger partial charge in [-0.25, -0.2) is 8.78 Å². The third kappa shape index (κ3) is 8.84. The summed E-state index contributed by atoms with van der Waals surface area (Å²) in [5.74, 6) is 1.46. The van der Waals surface area contributed by atoms with Crippen LogP contribution in [0.4, 0.5) is 14.6 Å². The molecule has 3 aromatic heterocycles. The first kappa shape index (κ1) is 47.7. The number of aryl methyl sites for hydroxylation is 1. The van der Waals surface area contributed by atoms with E-state index < -0.39 is 17.6 Å². The first-order valence-electron chi connectivity index (χ1n) is 26.4. The number of carbonyl (C=O) groups excluding carboxylic acids is 2. The SMILES string of the molecule is C#Cc1c(F)ccc2cc(O)cc(-c3ncc4c(N5CC6CCC(C5)N6)nc(OCC5(CN6CCC7(CC6)CC(N6CCC(c8ccc9c(C(CCC=O)C(=O)NC)nn(C)c9c8)CC6)C7)CC5)nc4c3F)c12. The number of terminal acetylenes is 1. The van der Waals surface area contributed by atoms with Crippen LogP contribution in [0.15, 0.2) is 48.7 Å². The van der Waals surface area contributed by atoms with Crippen LogP contribution in [-0.2, 0) is 16.6 Å². The summed E-state index contributed by atoms with van der Waals surface area (Å²) < 4.78 is 40.7. The van der Waals surface area contributed by atoms with Crippen LogP contribution in [0, 0.1) is 34.8 Å². The molecular weight excluding hydrogens is 927 g/mol. The number of pyridine rings is 1. The van der Waals surface area contributed by atoms with Crippen LogP contribution >= 0.6 is 0 Å². The number of ether oxygens (including phenoxy) is 1. The second-order valence-electron chi connectivity index (χ2n) is 22.3. The van der Waals surface area contributed by atoms with Gasteiger partial charge in [0.25, 0.3) is 0 Å². The van der Waals surface area contributed by atoms with Crippen LogP contribution in [0.2, 0.25) is 0 Å². The van der Waals surface area contributed by atoms with Crippen molar-refractivity contribution in [3.63, 3.8) is 0 Å². The number of rotatable bonds is 14. The molecule has 2 bridgehead atoms. The molecule has 3 atom stereocenters. The van der Waals surface area contributed by atoms with Crippen molar-refractivity contribution < 1.29 is 28.2 Å². The highest BCUT2D eigenvalue weighted by atomic mass is 19.1. The van der Waals surface area contributed by atoms with Crippen LogP contribution in [0.25, 0.3) is 43.8 Å². The van der Waals surface area contributed by atoms with Crippen LogP contribution in [0.5, 0.6) is 11.8 Å². The molecule has 73 heavy (non-hydrogen) atoms. The van der Waals surface area contributed by atoms with Crippen LogP contribution < -0.4 is 20.3 Å².